The number of fused-ring (bicyclic) bond motifs is 1. The molecular formula is C18H18N4O3. The predicted molar refractivity (Wildman–Crippen MR) is 95.8 cm³/mol. The molecule has 7 heteroatoms. The van der Waals surface area contributed by atoms with Crippen LogP contribution in [0.5, 0.6) is 0 Å². The number of rotatable bonds is 5. The van der Waals surface area contributed by atoms with E-state index in [4.69, 9.17) is 0 Å². The Balaban J connectivity index is 1.93. The van der Waals surface area contributed by atoms with Crippen LogP contribution in [0.2, 0.25) is 0 Å². The molecule has 0 aliphatic rings. The summed E-state index contributed by atoms with van der Waals surface area (Å²) in [4.78, 5) is 27.5. The van der Waals surface area contributed by atoms with Gasteiger partial charge in [-0.05, 0) is 37.6 Å². The topological polar surface area (TPSA) is 90.1 Å². The number of nitrogens with one attached hydrogen (secondary N) is 1. The van der Waals surface area contributed by atoms with Crippen molar-refractivity contribution < 1.29 is 9.72 Å². The molecule has 3 rings (SSSR count). The quantitative estimate of drug-likeness (QED) is 0.564. The van der Waals surface area contributed by atoms with Gasteiger partial charge in [0.25, 0.3) is 11.6 Å². The molecule has 3 aromatic rings. The molecule has 7 nitrogen and oxygen atoms in total. The highest BCUT2D eigenvalue weighted by atomic mass is 16.6. The molecule has 0 spiro atoms. The van der Waals surface area contributed by atoms with Crippen LogP contribution in [-0.2, 0) is 6.54 Å². The summed E-state index contributed by atoms with van der Waals surface area (Å²) < 4.78 is 1.96. The number of aryl methyl sites for hydroxylation is 2. The van der Waals surface area contributed by atoms with Gasteiger partial charge in [0.2, 0.25) is 5.95 Å². The van der Waals surface area contributed by atoms with Crippen molar-refractivity contribution >= 4 is 28.6 Å². The Labute approximate surface area is 144 Å². The van der Waals surface area contributed by atoms with Crippen molar-refractivity contribution in [3.8, 4) is 0 Å². The second-order valence-corrected chi connectivity index (χ2v) is 5.79. The zero-order valence-electron chi connectivity index (χ0n) is 14.0. The minimum atomic E-state index is -0.461. The molecule has 1 amide bonds. The smallest absolute Gasteiger partial charge is 0.272 e. The van der Waals surface area contributed by atoms with E-state index < -0.39 is 4.92 Å². The molecule has 0 unspecified atom stereocenters. The van der Waals surface area contributed by atoms with Gasteiger partial charge in [0.1, 0.15) is 0 Å². The van der Waals surface area contributed by atoms with Gasteiger partial charge in [-0.1, -0.05) is 19.1 Å². The van der Waals surface area contributed by atoms with Gasteiger partial charge in [-0.2, -0.15) is 0 Å². The molecule has 0 saturated heterocycles. The van der Waals surface area contributed by atoms with Gasteiger partial charge < -0.3 is 4.57 Å². The van der Waals surface area contributed by atoms with Crippen molar-refractivity contribution in [2.24, 2.45) is 0 Å². The average molecular weight is 338 g/mol. The summed E-state index contributed by atoms with van der Waals surface area (Å²) in [6.07, 6.45) is 0.903. The summed E-state index contributed by atoms with van der Waals surface area (Å²) in [6, 6.07) is 12.0. The lowest BCUT2D eigenvalue weighted by Gasteiger charge is -2.09. The number of hydrogen-bond acceptors (Lipinski definition) is 4. The highest BCUT2D eigenvalue weighted by molar-refractivity contribution is 6.04. The fraction of sp³-hybridized carbons (Fsp3) is 0.222. The zero-order valence-corrected chi connectivity index (χ0v) is 14.0. The number of imidazole rings is 1. The van der Waals surface area contributed by atoms with Crippen molar-refractivity contribution in [1.82, 2.24) is 9.55 Å². The minimum absolute atomic E-state index is 0.00484. The zero-order chi connectivity index (χ0) is 18.0. The maximum Gasteiger partial charge on any atom is 0.272 e. The van der Waals surface area contributed by atoms with E-state index in [2.05, 4.69) is 17.2 Å². The summed E-state index contributed by atoms with van der Waals surface area (Å²) in [7, 11) is 0. The number of para-hydroxylation sites is 2. The Morgan fingerprint density at radius 2 is 2.04 bits per heavy atom. The first-order valence-corrected chi connectivity index (χ1v) is 8.03. The summed E-state index contributed by atoms with van der Waals surface area (Å²) in [6.45, 7) is 4.40. The Bertz CT molecular complexity index is 962. The standard InChI is InChI=1S/C18H18N4O3/c1-3-10-21-16-7-5-4-6-14(16)19-18(21)20-17(23)13-8-9-15(22(24)25)12(2)11-13/h4-9,11H,3,10H2,1-2H3,(H,19,20,23). The van der Waals surface area contributed by atoms with Crippen LogP contribution in [0, 0.1) is 17.0 Å². The van der Waals surface area contributed by atoms with Gasteiger partial charge in [0.05, 0.1) is 16.0 Å². The predicted octanol–water partition coefficient (Wildman–Crippen LogP) is 3.92. The van der Waals surface area contributed by atoms with Crippen LogP contribution >= 0.6 is 0 Å². The lowest BCUT2D eigenvalue weighted by Crippen LogP contribution is -2.16. The number of nitrogens with zero attached hydrogens (tertiary/aromatic N) is 3. The summed E-state index contributed by atoms with van der Waals surface area (Å²) in [5, 5.41) is 13.7. The average Bonchev–Trinajstić information content (AvgIpc) is 2.92. The van der Waals surface area contributed by atoms with Crippen molar-refractivity contribution in [2.75, 3.05) is 5.32 Å². The molecule has 1 aromatic heterocycles. The molecule has 0 aliphatic carbocycles. The van der Waals surface area contributed by atoms with Gasteiger partial charge in [0.15, 0.2) is 0 Å². The van der Waals surface area contributed by atoms with Crippen LogP contribution in [-0.4, -0.2) is 20.4 Å². The maximum atomic E-state index is 12.5. The molecule has 0 fully saturated rings. The molecular weight excluding hydrogens is 320 g/mol. The lowest BCUT2D eigenvalue weighted by molar-refractivity contribution is -0.385. The molecule has 0 saturated carbocycles. The van der Waals surface area contributed by atoms with Crippen LogP contribution in [0.15, 0.2) is 42.5 Å². The molecule has 1 heterocycles. The van der Waals surface area contributed by atoms with Crippen molar-refractivity contribution in [3.05, 3.63) is 63.7 Å². The van der Waals surface area contributed by atoms with Crippen molar-refractivity contribution in [3.63, 3.8) is 0 Å². The minimum Gasteiger partial charge on any atom is -0.310 e. The van der Waals surface area contributed by atoms with Gasteiger partial charge in [-0.15, -0.1) is 0 Å². The van der Waals surface area contributed by atoms with E-state index in [9.17, 15) is 14.9 Å². The van der Waals surface area contributed by atoms with Gasteiger partial charge in [0, 0.05) is 23.7 Å². The molecule has 0 aliphatic heterocycles. The molecule has 0 radical (unpaired) electrons. The number of nitro benzene ring substituents is 1. The first kappa shape index (κ1) is 16.6. The number of benzene rings is 2. The number of aromatic nitrogens is 2. The molecule has 2 aromatic carbocycles. The Hall–Kier alpha value is -3.22. The Kier molecular flexibility index (Phi) is 4.47. The third-order valence-electron chi connectivity index (χ3n) is 3.98. The number of nitro groups is 1. The summed E-state index contributed by atoms with van der Waals surface area (Å²) in [5.74, 6) is 0.134. The largest absolute Gasteiger partial charge is 0.310 e. The lowest BCUT2D eigenvalue weighted by atomic mass is 10.1. The van der Waals surface area contributed by atoms with Crippen LogP contribution < -0.4 is 5.32 Å². The highest BCUT2D eigenvalue weighted by Gasteiger charge is 2.17. The van der Waals surface area contributed by atoms with Crippen LogP contribution in [0.1, 0.15) is 29.3 Å². The monoisotopic (exact) mass is 338 g/mol. The molecule has 1 N–H and O–H groups in total. The van der Waals surface area contributed by atoms with Crippen molar-refractivity contribution in [2.45, 2.75) is 26.8 Å². The van der Waals surface area contributed by atoms with Gasteiger partial charge in [-0.3, -0.25) is 20.2 Å². The number of hydrogen-bond donors (Lipinski definition) is 1. The fourth-order valence-corrected chi connectivity index (χ4v) is 2.80. The highest BCUT2D eigenvalue weighted by Crippen LogP contribution is 2.22. The van der Waals surface area contributed by atoms with Gasteiger partial charge >= 0.3 is 0 Å². The third-order valence-corrected chi connectivity index (χ3v) is 3.98. The summed E-state index contributed by atoms with van der Waals surface area (Å²) >= 11 is 0. The van der Waals surface area contributed by atoms with Crippen LogP contribution in [0.3, 0.4) is 0 Å². The van der Waals surface area contributed by atoms with E-state index in [1.165, 1.54) is 18.2 Å². The molecule has 0 atom stereocenters. The first-order valence-electron chi connectivity index (χ1n) is 8.03. The number of anilines is 1. The normalized spacial score (nSPS) is 10.8. The van der Waals surface area contributed by atoms with E-state index in [-0.39, 0.29) is 11.6 Å². The van der Waals surface area contributed by atoms with E-state index >= 15 is 0 Å². The number of carbonyl (C=O) groups is 1. The Morgan fingerprint density at radius 3 is 2.72 bits per heavy atom. The SMILES string of the molecule is CCCn1c(NC(=O)c2ccc([N+](=O)[O-])c(C)c2)nc2ccccc21. The van der Waals surface area contributed by atoms with Crippen LogP contribution in [0.25, 0.3) is 11.0 Å². The Morgan fingerprint density at radius 1 is 1.28 bits per heavy atom. The summed E-state index contributed by atoms with van der Waals surface area (Å²) in [5.41, 5.74) is 2.57. The second kappa shape index (κ2) is 6.72. The molecule has 128 valence electrons. The van der Waals surface area contributed by atoms with Crippen LogP contribution in [0.4, 0.5) is 11.6 Å². The van der Waals surface area contributed by atoms with Crippen molar-refractivity contribution in [1.29, 1.82) is 0 Å². The fourth-order valence-electron chi connectivity index (χ4n) is 2.80. The van der Waals surface area contributed by atoms with E-state index in [0.29, 0.717) is 17.1 Å². The van der Waals surface area contributed by atoms with Gasteiger partial charge in [-0.25, -0.2) is 4.98 Å². The molecule has 0 bridgehead atoms. The second-order valence-electron chi connectivity index (χ2n) is 5.79. The van der Waals surface area contributed by atoms with E-state index in [0.717, 1.165) is 24.0 Å². The first-order chi connectivity index (χ1) is 12.0. The maximum absolute atomic E-state index is 12.5. The van der Waals surface area contributed by atoms with E-state index in [1.54, 1.807) is 6.92 Å². The molecule has 25 heavy (non-hydrogen) atoms. The van der Waals surface area contributed by atoms with E-state index in [1.807, 2.05) is 28.8 Å². The number of carbonyl (C=O) groups excluding carboxylic acids is 1. The number of amides is 1. The third kappa shape index (κ3) is 3.21.